The van der Waals surface area contributed by atoms with Gasteiger partial charge in [-0.15, -0.1) is 0 Å². The molecule has 1 aliphatic rings. The van der Waals surface area contributed by atoms with Crippen molar-refractivity contribution in [1.29, 1.82) is 0 Å². The van der Waals surface area contributed by atoms with Crippen molar-refractivity contribution in [3.8, 4) is 0 Å². The third kappa shape index (κ3) is 2.75. The summed E-state index contributed by atoms with van der Waals surface area (Å²) >= 11 is 0. The molecule has 0 aliphatic carbocycles. The molecule has 4 heteroatoms. The zero-order chi connectivity index (χ0) is 10.5. The lowest BCUT2D eigenvalue weighted by Gasteiger charge is -2.18. The molecule has 0 bridgehead atoms. The first-order valence-corrected chi connectivity index (χ1v) is 5.34. The summed E-state index contributed by atoms with van der Waals surface area (Å²) in [7, 11) is 0. The van der Waals surface area contributed by atoms with Gasteiger partial charge in [-0.1, -0.05) is 6.07 Å². The van der Waals surface area contributed by atoms with Gasteiger partial charge in [-0.3, -0.25) is 16.3 Å². The summed E-state index contributed by atoms with van der Waals surface area (Å²) in [5.74, 6) is 6.18. The summed E-state index contributed by atoms with van der Waals surface area (Å²) < 4.78 is 5.35. The van der Waals surface area contributed by atoms with E-state index in [1.807, 2.05) is 18.3 Å². The molecule has 1 aromatic rings. The SMILES string of the molecule is NNC(CC1CCOC1)c1cccnc1. The second kappa shape index (κ2) is 5.21. The Hall–Kier alpha value is -0.970. The summed E-state index contributed by atoms with van der Waals surface area (Å²) in [6, 6.07) is 4.17. The average molecular weight is 207 g/mol. The van der Waals surface area contributed by atoms with E-state index < -0.39 is 0 Å². The van der Waals surface area contributed by atoms with E-state index in [0.29, 0.717) is 5.92 Å². The smallest absolute Gasteiger partial charge is 0.0495 e. The molecule has 2 unspecified atom stereocenters. The van der Waals surface area contributed by atoms with Crippen LogP contribution in [-0.4, -0.2) is 18.2 Å². The predicted octanol–water partition coefficient (Wildman–Crippen LogP) is 1.01. The van der Waals surface area contributed by atoms with E-state index in [4.69, 9.17) is 10.6 Å². The van der Waals surface area contributed by atoms with Crippen molar-refractivity contribution in [1.82, 2.24) is 10.4 Å². The average Bonchev–Trinajstić information content (AvgIpc) is 2.80. The lowest BCUT2D eigenvalue weighted by Crippen LogP contribution is -2.29. The largest absolute Gasteiger partial charge is 0.381 e. The molecule has 1 fully saturated rings. The van der Waals surface area contributed by atoms with E-state index in [0.717, 1.165) is 31.6 Å². The summed E-state index contributed by atoms with van der Waals surface area (Å²) in [4.78, 5) is 4.10. The van der Waals surface area contributed by atoms with Crippen LogP contribution in [0.2, 0.25) is 0 Å². The lowest BCUT2D eigenvalue weighted by atomic mass is 9.95. The molecule has 0 radical (unpaired) electrons. The van der Waals surface area contributed by atoms with Crippen LogP contribution >= 0.6 is 0 Å². The minimum atomic E-state index is 0.186. The van der Waals surface area contributed by atoms with Gasteiger partial charge in [0.1, 0.15) is 0 Å². The van der Waals surface area contributed by atoms with Gasteiger partial charge in [0.05, 0.1) is 0 Å². The number of nitrogens with zero attached hydrogens (tertiary/aromatic N) is 1. The topological polar surface area (TPSA) is 60.2 Å². The number of pyridine rings is 1. The zero-order valence-corrected chi connectivity index (χ0v) is 8.73. The minimum Gasteiger partial charge on any atom is -0.381 e. The molecule has 2 atom stereocenters. The summed E-state index contributed by atoms with van der Waals surface area (Å²) in [6.45, 7) is 1.74. The molecule has 0 spiro atoms. The summed E-state index contributed by atoms with van der Waals surface area (Å²) in [5.41, 5.74) is 3.99. The molecule has 0 saturated carbocycles. The highest BCUT2D eigenvalue weighted by atomic mass is 16.5. The first kappa shape index (κ1) is 10.5. The van der Waals surface area contributed by atoms with Gasteiger partial charge >= 0.3 is 0 Å². The second-order valence-corrected chi connectivity index (χ2v) is 3.97. The van der Waals surface area contributed by atoms with Crippen molar-refractivity contribution in [2.45, 2.75) is 18.9 Å². The fourth-order valence-corrected chi connectivity index (χ4v) is 1.99. The maximum absolute atomic E-state index is 5.56. The van der Waals surface area contributed by atoms with E-state index >= 15 is 0 Å². The maximum Gasteiger partial charge on any atom is 0.0495 e. The lowest BCUT2D eigenvalue weighted by molar-refractivity contribution is 0.181. The molecule has 3 N–H and O–H groups in total. The number of nitrogens with one attached hydrogen (secondary N) is 1. The first-order chi connectivity index (χ1) is 7.40. The van der Waals surface area contributed by atoms with Crippen LogP contribution < -0.4 is 11.3 Å². The van der Waals surface area contributed by atoms with Crippen LogP contribution in [0.15, 0.2) is 24.5 Å². The Morgan fingerprint density at radius 1 is 1.67 bits per heavy atom. The molecule has 1 saturated heterocycles. The van der Waals surface area contributed by atoms with Crippen LogP contribution in [0.4, 0.5) is 0 Å². The first-order valence-electron chi connectivity index (χ1n) is 5.34. The number of nitrogens with two attached hydrogens (primary N) is 1. The van der Waals surface area contributed by atoms with Crippen molar-refractivity contribution in [2.75, 3.05) is 13.2 Å². The summed E-state index contributed by atoms with van der Waals surface area (Å²) in [5, 5.41) is 0. The molecule has 1 aliphatic heterocycles. The fraction of sp³-hybridized carbons (Fsp3) is 0.545. The van der Waals surface area contributed by atoms with Crippen molar-refractivity contribution >= 4 is 0 Å². The minimum absolute atomic E-state index is 0.186. The van der Waals surface area contributed by atoms with E-state index in [1.165, 1.54) is 0 Å². The standard InChI is InChI=1S/C11H17N3O/c12-14-11(6-9-3-5-15-8-9)10-2-1-4-13-7-10/h1-2,4,7,9,11,14H,3,5-6,8,12H2. The summed E-state index contributed by atoms with van der Waals surface area (Å²) in [6.07, 6.45) is 5.79. The van der Waals surface area contributed by atoms with Gasteiger partial charge in [0.2, 0.25) is 0 Å². The van der Waals surface area contributed by atoms with Crippen LogP contribution in [0.1, 0.15) is 24.4 Å². The molecule has 1 aromatic heterocycles. The Bertz CT molecular complexity index is 285. The van der Waals surface area contributed by atoms with E-state index in [9.17, 15) is 0 Å². The normalized spacial score (nSPS) is 22.9. The number of hydrazine groups is 1. The molecule has 0 aromatic carbocycles. The third-order valence-electron chi connectivity index (χ3n) is 2.88. The van der Waals surface area contributed by atoms with Crippen LogP contribution in [0.5, 0.6) is 0 Å². The second-order valence-electron chi connectivity index (χ2n) is 3.97. The molecule has 15 heavy (non-hydrogen) atoms. The number of hydrogen-bond acceptors (Lipinski definition) is 4. The van der Waals surface area contributed by atoms with Gasteiger partial charge < -0.3 is 4.74 Å². The fourth-order valence-electron chi connectivity index (χ4n) is 1.99. The number of rotatable bonds is 4. The molecule has 82 valence electrons. The third-order valence-corrected chi connectivity index (χ3v) is 2.88. The Morgan fingerprint density at radius 2 is 2.60 bits per heavy atom. The van der Waals surface area contributed by atoms with E-state index in [-0.39, 0.29) is 6.04 Å². The Morgan fingerprint density at radius 3 is 3.20 bits per heavy atom. The highest BCUT2D eigenvalue weighted by molar-refractivity contribution is 5.13. The van der Waals surface area contributed by atoms with Crippen LogP contribution in [0, 0.1) is 5.92 Å². The van der Waals surface area contributed by atoms with Crippen molar-refractivity contribution < 1.29 is 4.74 Å². The zero-order valence-electron chi connectivity index (χ0n) is 8.73. The predicted molar refractivity (Wildman–Crippen MR) is 57.8 cm³/mol. The van der Waals surface area contributed by atoms with Crippen LogP contribution in [0.25, 0.3) is 0 Å². The van der Waals surface area contributed by atoms with Gasteiger partial charge in [0.15, 0.2) is 0 Å². The number of hydrogen-bond donors (Lipinski definition) is 2. The number of aromatic nitrogens is 1. The van der Waals surface area contributed by atoms with E-state index in [2.05, 4.69) is 10.4 Å². The van der Waals surface area contributed by atoms with Gasteiger partial charge in [-0.2, -0.15) is 0 Å². The molecule has 4 nitrogen and oxygen atoms in total. The van der Waals surface area contributed by atoms with Crippen molar-refractivity contribution in [2.24, 2.45) is 11.8 Å². The molecule has 2 rings (SSSR count). The molecular weight excluding hydrogens is 190 g/mol. The quantitative estimate of drug-likeness (QED) is 0.571. The van der Waals surface area contributed by atoms with Gasteiger partial charge in [0, 0.05) is 31.6 Å². The van der Waals surface area contributed by atoms with Crippen LogP contribution in [-0.2, 0) is 4.74 Å². The van der Waals surface area contributed by atoms with E-state index in [1.54, 1.807) is 6.20 Å². The van der Waals surface area contributed by atoms with Gasteiger partial charge in [-0.25, -0.2) is 0 Å². The molecule has 2 heterocycles. The maximum atomic E-state index is 5.56. The van der Waals surface area contributed by atoms with Crippen molar-refractivity contribution in [3.63, 3.8) is 0 Å². The monoisotopic (exact) mass is 207 g/mol. The Kier molecular flexibility index (Phi) is 3.66. The Balaban J connectivity index is 1.97. The molecular formula is C11H17N3O. The van der Waals surface area contributed by atoms with Gasteiger partial charge in [-0.05, 0) is 30.4 Å². The highest BCUT2D eigenvalue weighted by Gasteiger charge is 2.21. The molecule has 0 amide bonds. The number of ether oxygens (including phenoxy) is 1. The highest BCUT2D eigenvalue weighted by Crippen LogP contribution is 2.25. The van der Waals surface area contributed by atoms with Crippen LogP contribution in [0.3, 0.4) is 0 Å². The van der Waals surface area contributed by atoms with Crippen molar-refractivity contribution in [3.05, 3.63) is 30.1 Å². The van der Waals surface area contributed by atoms with Gasteiger partial charge in [0.25, 0.3) is 0 Å². The Labute approximate surface area is 89.8 Å².